The Labute approximate surface area is 209 Å². The standard InChI is InChI=1S/C24H32N2O10/c1-13(27)31-12-19-21(32-14(2)28)22(33-15(3)29)23(34-16(4)30)24(35-19)36-20-9-8-17(11-25-20)18-7-6-10-26(18)5/h8-9,11,18-19,21-24H,6-7,10,12H2,1-5H3/t18-,19+,21-,22-,23+,24-/m0/s1. The van der Waals surface area contributed by atoms with Gasteiger partial charge >= 0.3 is 23.9 Å². The molecule has 0 aliphatic carbocycles. The summed E-state index contributed by atoms with van der Waals surface area (Å²) in [7, 11) is 2.06. The highest BCUT2D eigenvalue weighted by Gasteiger charge is 2.53. The molecule has 0 saturated carbocycles. The van der Waals surface area contributed by atoms with Gasteiger partial charge in [0, 0.05) is 46.0 Å². The predicted molar refractivity (Wildman–Crippen MR) is 121 cm³/mol. The number of esters is 4. The lowest BCUT2D eigenvalue weighted by atomic mass is 9.98. The number of carbonyl (C=O) groups excluding carboxylic acids is 4. The molecule has 1 aromatic heterocycles. The van der Waals surface area contributed by atoms with E-state index in [0.717, 1.165) is 38.8 Å². The smallest absolute Gasteiger partial charge is 0.303 e. The molecule has 3 rings (SSSR count). The van der Waals surface area contributed by atoms with E-state index in [1.54, 1.807) is 12.3 Å². The SMILES string of the molecule is CC(=O)OC[C@H]1O[C@@H](Oc2ccc([C@@H]3CCCN3C)cn2)[C@H](OC(C)=O)[C@@H](OC(C)=O)[C@H]1OC(C)=O. The van der Waals surface area contributed by atoms with Crippen molar-refractivity contribution < 1.29 is 47.6 Å². The second-order valence-electron chi connectivity index (χ2n) is 8.75. The van der Waals surface area contributed by atoms with Gasteiger partial charge in [-0.15, -0.1) is 0 Å². The predicted octanol–water partition coefficient (Wildman–Crippen LogP) is 1.31. The van der Waals surface area contributed by atoms with Crippen molar-refractivity contribution in [2.24, 2.45) is 0 Å². The molecule has 2 aliphatic rings. The molecular formula is C24H32N2O10. The fourth-order valence-corrected chi connectivity index (χ4v) is 4.39. The highest BCUT2D eigenvalue weighted by molar-refractivity contribution is 5.68. The topological polar surface area (TPSA) is 140 Å². The third kappa shape index (κ3) is 7.14. The van der Waals surface area contributed by atoms with E-state index in [2.05, 4.69) is 16.9 Å². The number of rotatable bonds is 8. The molecule has 0 amide bonds. The van der Waals surface area contributed by atoms with Gasteiger partial charge < -0.3 is 28.4 Å². The minimum absolute atomic E-state index is 0.167. The van der Waals surface area contributed by atoms with E-state index in [1.807, 2.05) is 6.07 Å². The Bertz CT molecular complexity index is 953. The number of likely N-dealkylation sites (tertiary alicyclic amines) is 1. The van der Waals surface area contributed by atoms with Crippen LogP contribution in [-0.4, -0.2) is 84.7 Å². The van der Waals surface area contributed by atoms with Gasteiger partial charge in [0.1, 0.15) is 12.7 Å². The van der Waals surface area contributed by atoms with Crippen molar-refractivity contribution in [1.29, 1.82) is 0 Å². The lowest BCUT2D eigenvalue weighted by Crippen LogP contribution is -2.63. The van der Waals surface area contributed by atoms with Crippen LogP contribution in [0.1, 0.15) is 52.1 Å². The van der Waals surface area contributed by atoms with Gasteiger partial charge in [-0.1, -0.05) is 6.07 Å². The molecule has 12 heteroatoms. The highest BCUT2D eigenvalue weighted by Crippen LogP contribution is 2.32. The molecular weight excluding hydrogens is 476 g/mol. The van der Waals surface area contributed by atoms with Crippen LogP contribution in [0.4, 0.5) is 0 Å². The first-order valence-electron chi connectivity index (χ1n) is 11.7. The summed E-state index contributed by atoms with van der Waals surface area (Å²) in [5.41, 5.74) is 1.03. The molecule has 0 bridgehead atoms. The van der Waals surface area contributed by atoms with E-state index in [9.17, 15) is 19.2 Å². The van der Waals surface area contributed by atoms with Gasteiger partial charge in [0.25, 0.3) is 0 Å². The minimum Gasteiger partial charge on any atom is -0.463 e. The molecule has 36 heavy (non-hydrogen) atoms. The fourth-order valence-electron chi connectivity index (χ4n) is 4.39. The summed E-state index contributed by atoms with van der Waals surface area (Å²) >= 11 is 0. The Morgan fingerprint density at radius 1 is 0.944 bits per heavy atom. The number of ether oxygens (including phenoxy) is 6. The Balaban J connectivity index is 1.90. The van der Waals surface area contributed by atoms with E-state index in [1.165, 1.54) is 13.8 Å². The summed E-state index contributed by atoms with van der Waals surface area (Å²) in [5.74, 6) is -2.56. The molecule has 2 fully saturated rings. The van der Waals surface area contributed by atoms with Gasteiger partial charge in [-0.25, -0.2) is 4.98 Å². The van der Waals surface area contributed by atoms with E-state index in [4.69, 9.17) is 28.4 Å². The van der Waals surface area contributed by atoms with Crippen LogP contribution in [0.15, 0.2) is 18.3 Å². The summed E-state index contributed by atoms with van der Waals surface area (Å²) < 4.78 is 33.1. The maximum absolute atomic E-state index is 11.9. The molecule has 198 valence electrons. The van der Waals surface area contributed by atoms with Crippen molar-refractivity contribution in [3.05, 3.63) is 23.9 Å². The average molecular weight is 509 g/mol. The van der Waals surface area contributed by atoms with Gasteiger partial charge in [0.05, 0.1) is 0 Å². The first-order valence-corrected chi connectivity index (χ1v) is 11.7. The zero-order chi connectivity index (χ0) is 26.4. The van der Waals surface area contributed by atoms with Gasteiger partial charge in [-0.2, -0.15) is 0 Å². The number of pyridine rings is 1. The second-order valence-corrected chi connectivity index (χ2v) is 8.75. The van der Waals surface area contributed by atoms with E-state index in [-0.39, 0.29) is 18.5 Å². The Morgan fingerprint density at radius 2 is 1.58 bits per heavy atom. The van der Waals surface area contributed by atoms with Crippen molar-refractivity contribution in [2.45, 2.75) is 77.3 Å². The molecule has 0 unspecified atom stereocenters. The van der Waals surface area contributed by atoms with Crippen LogP contribution in [-0.2, 0) is 42.9 Å². The quantitative estimate of drug-likeness (QED) is 0.369. The number of hydrogen-bond acceptors (Lipinski definition) is 12. The number of carbonyl (C=O) groups is 4. The van der Waals surface area contributed by atoms with Crippen LogP contribution in [0.2, 0.25) is 0 Å². The molecule has 0 radical (unpaired) electrons. The number of hydrogen-bond donors (Lipinski definition) is 0. The number of nitrogens with zero attached hydrogens (tertiary/aromatic N) is 2. The van der Waals surface area contributed by atoms with Gasteiger partial charge in [-0.3, -0.25) is 24.1 Å². The summed E-state index contributed by atoms with van der Waals surface area (Å²) in [4.78, 5) is 53.7. The van der Waals surface area contributed by atoms with Gasteiger partial charge in [0.2, 0.25) is 18.3 Å². The fraction of sp³-hybridized carbons (Fsp3) is 0.625. The zero-order valence-corrected chi connectivity index (χ0v) is 21.0. The molecule has 0 N–H and O–H groups in total. The maximum Gasteiger partial charge on any atom is 0.303 e. The first-order chi connectivity index (χ1) is 17.0. The van der Waals surface area contributed by atoms with Gasteiger partial charge in [0.15, 0.2) is 12.2 Å². The normalized spacial score (nSPS) is 28.1. The van der Waals surface area contributed by atoms with Crippen molar-refractivity contribution in [3.8, 4) is 5.88 Å². The molecule has 0 spiro atoms. The molecule has 1 aromatic rings. The van der Waals surface area contributed by atoms with Crippen LogP contribution in [0.3, 0.4) is 0 Å². The molecule has 12 nitrogen and oxygen atoms in total. The Morgan fingerprint density at radius 3 is 2.11 bits per heavy atom. The third-order valence-corrected chi connectivity index (χ3v) is 5.85. The largest absolute Gasteiger partial charge is 0.463 e. The van der Waals surface area contributed by atoms with E-state index in [0.29, 0.717) is 0 Å². The second kappa shape index (κ2) is 12.1. The summed E-state index contributed by atoms with van der Waals surface area (Å²) in [6.07, 6.45) is -2.45. The van der Waals surface area contributed by atoms with E-state index >= 15 is 0 Å². The van der Waals surface area contributed by atoms with Crippen molar-refractivity contribution in [3.63, 3.8) is 0 Å². The zero-order valence-electron chi connectivity index (χ0n) is 21.0. The van der Waals surface area contributed by atoms with Crippen LogP contribution >= 0.6 is 0 Å². The monoisotopic (exact) mass is 508 g/mol. The number of aromatic nitrogens is 1. The Hall–Kier alpha value is -3.25. The van der Waals surface area contributed by atoms with Crippen LogP contribution in [0, 0.1) is 0 Å². The average Bonchev–Trinajstić information content (AvgIpc) is 3.22. The summed E-state index contributed by atoms with van der Waals surface area (Å²) in [6.45, 7) is 5.35. The molecule has 0 aromatic carbocycles. The van der Waals surface area contributed by atoms with E-state index < -0.39 is 54.6 Å². The van der Waals surface area contributed by atoms with Crippen LogP contribution in [0.25, 0.3) is 0 Å². The lowest BCUT2D eigenvalue weighted by Gasteiger charge is -2.43. The minimum atomic E-state index is -1.32. The van der Waals surface area contributed by atoms with Crippen molar-refractivity contribution in [1.82, 2.24) is 9.88 Å². The van der Waals surface area contributed by atoms with Crippen molar-refractivity contribution in [2.75, 3.05) is 20.2 Å². The summed E-state index contributed by atoms with van der Waals surface area (Å²) in [6, 6.07) is 3.81. The lowest BCUT2D eigenvalue weighted by molar-refractivity contribution is -0.289. The molecule has 2 saturated heterocycles. The third-order valence-electron chi connectivity index (χ3n) is 5.85. The first kappa shape index (κ1) is 27.3. The molecule has 6 atom stereocenters. The van der Waals surface area contributed by atoms with Gasteiger partial charge in [-0.05, 0) is 32.0 Å². The van der Waals surface area contributed by atoms with Crippen molar-refractivity contribution >= 4 is 23.9 Å². The van der Waals surface area contributed by atoms with Crippen LogP contribution < -0.4 is 4.74 Å². The Kier molecular flexibility index (Phi) is 9.21. The molecule has 3 heterocycles. The van der Waals surface area contributed by atoms with Crippen LogP contribution in [0.5, 0.6) is 5.88 Å². The molecule has 2 aliphatic heterocycles. The highest BCUT2D eigenvalue weighted by atomic mass is 16.7. The summed E-state index contributed by atoms with van der Waals surface area (Å²) in [5, 5.41) is 0. The maximum atomic E-state index is 11.9.